The van der Waals surface area contributed by atoms with E-state index in [0.29, 0.717) is 0 Å². The molecule has 0 radical (unpaired) electrons. The van der Waals surface area contributed by atoms with E-state index in [0.717, 1.165) is 10.3 Å². The number of nitrogens with zero attached hydrogens (tertiary/aromatic N) is 3. The van der Waals surface area contributed by atoms with Gasteiger partial charge < -0.3 is 9.13 Å². The molecule has 0 saturated heterocycles. The molecule has 0 N–H and O–H groups in total. The Hall–Kier alpha value is -1.55. The van der Waals surface area contributed by atoms with E-state index in [1.807, 2.05) is 17.9 Å². The first-order valence-corrected chi connectivity index (χ1v) is 6.19. The minimum Gasteiger partial charge on any atom is -0.350 e. The lowest BCUT2D eigenvalue weighted by Gasteiger charge is -2.01. The predicted molar refractivity (Wildman–Crippen MR) is 72.8 cm³/mol. The second kappa shape index (κ2) is 3.74. The van der Waals surface area contributed by atoms with Crippen LogP contribution in [0.4, 0.5) is 0 Å². The topological polar surface area (TPSA) is 22.8 Å². The fourth-order valence-electron chi connectivity index (χ4n) is 2.23. The van der Waals surface area contributed by atoms with Crippen molar-refractivity contribution in [3.05, 3.63) is 41.4 Å². The second-order valence-corrected chi connectivity index (χ2v) is 4.92. The number of imidazole rings is 1. The Balaban J connectivity index is 2.39. The molecule has 2 aromatic heterocycles. The van der Waals surface area contributed by atoms with E-state index >= 15 is 0 Å². The second-order valence-electron chi connectivity index (χ2n) is 4.17. The number of hydrogen-bond acceptors (Lipinski definition) is 1. The van der Waals surface area contributed by atoms with E-state index in [4.69, 9.17) is 0 Å². The quantitative estimate of drug-likeness (QED) is 0.674. The zero-order valence-electron chi connectivity index (χ0n) is 9.68. The number of fused-ring (bicyclic) bond motifs is 1. The molecule has 3 nitrogen and oxygen atoms in total. The summed E-state index contributed by atoms with van der Waals surface area (Å²) in [4.78, 5) is 4.28. The molecule has 0 aliphatic carbocycles. The zero-order valence-corrected chi connectivity index (χ0v) is 11.3. The summed E-state index contributed by atoms with van der Waals surface area (Å²) in [5, 5.41) is 1.25. The van der Waals surface area contributed by atoms with E-state index in [-0.39, 0.29) is 0 Å². The number of aryl methyl sites for hydroxylation is 2. The number of para-hydroxylation sites is 1. The molecular formula is C13H12BrN3. The van der Waals surface area contributed by atoms with E-state index in [9.17, 15) is 0 Å². The van der Waals surface area contributed by atoms with Gasteiger partial charge in [0.1, 0.15) is 4.60 Å². The monoisotopic (exact) mass is 289 g/mol. The van der Waals surface area contributed by atoms with Crippen molar-refractivity contribution in [1.82, 2.24) is 14.1 Å². The standard InChI is InChI=1S/C13H12BrN3/c1-16-7-10(9-5-3-4-6-11(9)16)12-13(14)15-8-17(12)2/h3-8H,1-2H3. The van der Waals surface area contributed by atoms with Gasteiger partial charge in [-0.1, -0.05) is 18.2 Å². The van der Waals surface area contributed by atoms with Gasteiger partial charge in [0, 0.05) is 36.8 Å². The molecule has 3 rings (SSSR count). The number of halogens is 1. The molecule has 0 spiro atoms. The Morgan fingerprint density at radius 2 is 1.88 bits per heavy atom. The van der Waals surface area contributed by atoms with Crippen LogP contribution >= 0.6 is 15.9 Å². The molecule has 2 heterocycles. The average Bonchev–Trinajstić information content (AvgIpc) is 2.82. The smallest absolute Gasteiger partial charge is 0.132 e. The summed E-state index contributed by atoms with van der Waals surface area (Å²) in [6.07, 6.45) is 3.97. The summed E-state index contributed by atoms with van der Waals surface area (Å²) >= 11 is 3.51. The largest absolute Gasteiger partial charge is 0.350 e. The summed E-state index contributed by atoms with van der Waals surface area (Å²) in [5.41, 5.74) is 3.55. The number of rotatable bonds is 1. The first kappa shape index (κ1) is 10.6. The highest BCUT2D eigenvalue weighted by Gasteiger charge is 2.14. The van der Waals surface area contributed by atoms with Crippen LogP contribution in [-0.2, 0) is 14.1 Å². The van der Waals surface area contributed by atoms with Gasteiger partial charge in [0.05, 0.1) is 12.0 Å². The van der Waals surface area contributed by atoms with Crippen LogP contribution in [0.2, 0.25) is 0 Å². The molecule has 0 fully saturated rings. The Kier molecular flexibility index (Phi) is 2.33. The maximum Gasteiger partial charge on any atom is 0.132 e. The Bertz CT molecular complexity index is 674. The van der Waals surface area contributed by atoms with E-state index < -0.39 is 0 Å². The highest BCUT2D eigenvalue weighted by atomic mass is 79.9. The van der Waals surface area contributed by atoms with Crippen molar-refractivity contribution in [2.75, 3.05) is 0 Å². The summed E-state index contributed by atoms with van der Waals surface area (Å²) in [5.74, 6) is 0. The molecule has 1 aromatic carbocycles. The molecule has 0 amide bonds. The van der Waals surface area contributed by atoms with Gasteiger partial charge in [-0.3, -0.25) is 0 Å². The van der Waals surface area contributed by atoms with Gasteiger partial charge in [-0.05, 0) is 22.0 Å². The molecule has 0 saturated carbocycles. The maximum absolute atomic E-state index is 4.28. The van der Waals surface area contributed by atoms with Gasteiger partial charge in [-0.25, -0.2) is 4.98 Å². The number of benzene rings is 1. The Labute approximate surface area is 108 Å². The van der Waals surface area contributed by atoms with Crippen molar-refractivity contribution in [2.45, 2.75) is 0 Å². The molecule has 17 heavy (non-hydrogen) atoms. The third kappa shape index (κ3) is 1.52. The van der Waals surface area contributed by atoms with Crippen LogP contribution in [-0.4, -0.2) is 14.1 Å². The highest BCUT2D eigenvalue weighted by Crippen LogP contribution is 2.33. The van der Waals surface area contributed by atoms with Gasteiger partial charge >= 0.3 is 0 Å². The first-order valence-electron chi connectivity index (χ1n) is 5.39. The van der Waals surface area contributed by atoms with Crippen molar-refractivity contribution in [2.24, 2.45) is 14.1 Å². The summed E-state index contributed by atoms with van der Waals surface area (Å²) in [6, 6.07) is 8.40. The van der Waals surface area contributed by atoms with Gasteiger partial charge in [0.25, 0.3) is 0 Å². The van der Waals surface area contributed by atoms with Gasteiger partial charge in [0.2, 0.25) is 0 Å². The molecule has 3 aromatic rings. The third-order valence-electron chi connectivity index (χ3n) is 3.04. The average molecular weight is 290 g/mol. The van der Waals surface area contributed by atoms with Crippen molar-refractivity contribution in [3.8, 4) is 11.3 Å². The highest BCUT2D eigenvalue weighted by molar-refractivity contribution is 9.10. The van der Waals surface area contributed by atoms with Crippen molar-refractivity contribution in [1.29, 1.82) is 0 Å². The molecule has 0 aliphatic heterocycles. The minimum absolute atomic E-state index is 0.886. The molecule has 0 aliphatic rings. The molecular weight excluding hydrogens is 278 g/mol. The molecule has 0 atom stereocenters. The summed E-state index contributed by atoms with van der Waals surface area (Å²) < 4.78 is 5.06. The van der Waals surface area contributed by atoms with E-state index in [1.165, 1.54) is 16.5 Å². The molecule has 0 bridgehead atoms. The lowest BCUT2D eigenvalue weighted by molar-refractivity contribution is 0.918. The Morgan fingerprint density at radius 3 is 2.59 bits per heavy atom. The molecule has 0 unspecified atom stereocenters. The summed E-state index contributed by atoms with van der Waals surface area (Å²) in [6.45, 7) is 0. The lowest BCUT2D eigenvalue weighted by Crippen LogP contribution is -1.89. The fraction of sp³-hybridized carbons (Fsp3) is 0.154. The predicted octanol–water partition coefficient (Wildman–Crippen LogP) is 3.34. The lowest BCUT2D eigenvalue weighted by atomic mass is 10.1. The van der Waals surface area contributed by atoms with Crippen LogP contribution in [0, 0.1) is 0 Å². The van der Waals surface area contributed by atoms with Crippen LogP contribution in [0.1, 0.15) is 0 Å². The van der Waals surface area contributed by atoms with Crippen LogP contribution < -0.4 is 0 Å². The molecule has 4 heteroatoms. The summed E-state index contributed by atoms with van der Waals surface area (Å²) in [7, 11) is 4.07. The van der Waals surface area contributed by atoms with Gasteiger partial charge in [0.15, 0.2) is 0 Å². The van der Waals surface area contributed by atoms with Crippen LogP contribution in [0.15, 0.2) is 41.4 Å². The number of aromatic nitrogens is 3. The van der Waals surface area contributed by atoms with Crippen molar-refractivity contribution in [3.63, 3.8) is 0 Å². The van der Waals surface area contributed by atoms with Gasteiger partial charge in [-0.15, -0.1) is 0 Å². The van der Waals surface area contributed by atoms with Crippen LogP contribution in [0.25, 0.3) is 22.2 Å². The van der Waals surface area contributed by atoms with Crippen LogP contribution in [0.5, 0.6) is 0 Å². The number of hydrogen-bond donors (Lipinski definition) is 0. The first-order chi connectivity index (χ1) is 8.18. The van der Waals surface area contributed by atoms with Crippen molar-refractivity contribution < 1.29 is 0 Å². The SMILES string of the molecule is Cn1cnc(Br)c1-c1cn(C)c2ccccc12. The fourth-order valence-corrected chi connectivity index (χ4v) is 2.82. The van der Waals surface area contributed by atoms with Crippen molar-refractivity contribution >= 4 is 26.8 Å². The normalized spacial score (nSPS) is 11.2. The van der Waals surface area contributed by atoms with Crippen LogP contribution in [0.3, 0.4) is 0 Å². The minimum atomic E-state index is 0.886. The van der Waals surface area contributed by atoms with Gasteiger partial charge in [-0.2, -0.15) is 0 Å². The molecule has 86 valence electrons. The Morgan fingerprint density at radius 1 is 1.12 bits per heavy atom. The zero-order chi connectivity index (χ0) is 12.0. The third-order valence-corrected chi connectivity index (χ3v) is 3.62. The maximum atomic E-state index is 4.28. The van der Waals surface area contributed by atoms with E-state index in [2.05, 4.69) is 63.0 Å². The van der Waals surface area contributed by atoms with E-state index in [1.54, 1.807) is 0 Å².